The van der Waals surface area contributed by atoms with Crippen LogP contribution in [-0.4, -0.2) is 21.5 Å². The normalized spacial score (nSPS) is 11.1. The number of hydrogen-bond donors (Lipinski definition) is 2. The lowest BCUT2D eigenvalue weighted by Crippen LogP contribution is -2.02. The zero-order valence-electron chi connectivity index (χ0n) is 10.2. The number of fused-ring (bicyclic) bond motifs is 1. The summed E-state index contributed by atoms with van der Waals surface area (Å²) in [5.41, 5.74) is 8.88. The van der Waals surface area contributed by atoms with Crippen LogP contribution in [0.15, 0.2) is 36.8 Å². The summed E-state index contributed by atoms with van der Waals surface area (Å²) in [4.78, 5) is 11.6. The minimum atomic E-state index is -0.278. The zero-order chi connectivity index (χ0) is 13.2. The molecule has 0 unspecified atom stereocenters. The van der Waals surface area contributed by atoms with Gasteiger partial charge in [-0.25, -0.2) is 14.4 Å². The molecule has 0 spiro atoms. The van der Waals surface area contributed by atoms with E-state index < -0.39 is 0 Å². The highest BCUT2D eigenvalue weighted by molar-refractivity contribution is 5.93. The summed E-state index contributed by atoms with van der Waals surface area (Å²) < 4.78 is 13.4. The molecule has 3 N–H and O–H groups in total. The molecule has 2 aromatic heterocycles. The fourth-order valence-electron chi connectivity index (χ4n) is 2.23. The van der Waals surface area contributed by atoms with E-state index in [0.29, 0.717) is 6.54 Å². The SMILES string of the molecule is NCCc1c[nH]c2ncnc(-c3cccc(F)c3)c12. The summed E-state index contributed by atoms with van der Waals surface area (Å²) >= 11 is 0. The largest absolute Gasteiger partial charge is 0.346 e. The van der Waals surface area contributed by atoms with E-state index in [1.54, 1.807) is 6.07 Å². The molecule has 96 valence electrons. The Morgan fingerprint density at radius 1 is 1.26 bits per heavy atom. The van der Waals surface area contributed by atoms with Crippen LogP contribution in [0.25, 0.3) is 22.3 Å². The van der Waals surface area contributed by atoms with Gasteiger partial charge in [0, 0.05) is 17.1 Å². The van der Waals surface area contributed by atoms with Crippen LogP contribution in [-0.2, 0) is 6.42 Å². The van der Waals surface area contributed by atoms with Gasteiger partial charge in [0.25, 0.3) is 0 Å². The number of hydrogen-bond acceptors (Lipinski definition) is 3. The highest BCUT2D eigenvalue weighted by Crippen LogP contribution is 2.28. The monoisotopic (exact) mass is 256 g/mol. The van der Waals surface area contributed by atoms with E-state index in [2.05, 4.69) is 15.0 Å². The molecule has 19 heavy (non-hydrogen) atoms. The van der Waals surface area contributed by atoms with E-state index in [-0.39, 0.29) is 5.82 Å². The number of aromatic nitrogens is 3. The zero-order valence-corrected chi connectivity index (χ0v) is 10.2. The van der Waals surface area contributed by atoms with E-state index in [9.17, 15) is 4.39 Å². The quantitative estimate of drug-likeness (QED) is 0.755. The number of nitrogens with two attached hydrogens (primary N) is 1. The number of nitrogens with zero attached hydrogens (tertiary/aromatic N) is 2. The molecule has 0 saturated carbocycles. The van der Waals surface area contributed by atoms with Gasteiger partial charge in [-0.05, 0) is 30.7 Å². The highest BCUT2D eigenvalue weighted by atomic mass is 19.1. The molecule has 3 aromatic rings. The van der Waals surface area contributed by atoms with Gasteiger partial charge in [-0.1, -0.05) is 12.1 Å². The maximum Gasteiger partial charge on any atom is 0.141 e. The van der Waals surface area contributed by atoms with Gasteiger partial charge in [-0.2, -0.15) is 0 Å². The average Bonchev–Trinajstić information content (AvgIpc) is 2.83. The van der Waals surface area contributed by atoms with E-state index >= 15 is 0 Å². The van der Waals surface area contributed by atoms with Crippen molar-refractivity contribution in [3.05, 3.63) is 48.2 Å². The third-order valence-corrected chi connectivity index (χ3v) is 3.06. The first-order valence-electron chi connectivity index (χ1n) is 6.06. The minimum Gasteiger partial charge on any atom is -0.346 e. The van der Waals surface area contributed by atoms with Crippen molar-refractivity contribution in [2.75, 3.05) is 6.54 Å². The van der Waals surface area contributed by atoms with Gasteiger partial charge in [0.2, 0.25) is 0 Å². The Kier molecular flexibility index (Phi) is 2.97. The lowest BCUT2D eigenvalue weighted by molar-refractivity contribution is 0.628. The first kappa shape index (κ1) is 11.8. The number of halogens is 1. The fourth-order valence-corrected chi connectivity index (χ4v) is 2.23. The van der Waals surface area contributed by atoms with Crippen LogP contribution >= 0.6 is 0 Å². The van der Waals surface area contributed by atoms with E-state index in [1.807, 2.05) is 12.3 Å². The van der Waals surface area contributed by atoms with Crippen LogP contribution < -0.4 is 5.73 Å². The molecule has 0 aliphatic heterocycles. The third-order valence-electron chi connectivity index (χ3n) is 3.06. The summed E-state index contributed by atoms with van der Waals surface area (Å²) in [5.74, 6) is -0.278. The molecule has 0 aliphatic rings. The molecule has 2 heterocycles. The van der Waals surface area contributed by atoms with Gasteiger partial charge >= 0.3 is 0 Å². The molecule has 3 rings (SSSR count). The summed E-state index contributed by atoms with van der Waals surface area (Å²) in [7, 11) is 0. The Labute approximate surface area is 109 Å². The van der Waals surface area contributed by atoms with Gasteiger partial charge < -0.3 is 10.7 Å². The maximum absolute atomic E-state index is 13.4. The van der Waals surface area contributed by atoms with Crippen molar-refractivity contribution in [1.82, 2.24) is 15.0 Å². The minimum absolute atomic E-state index is 0.278. The number of rotatable bonds is 3. The van der Waals surface area contributed by atoms with Crippen LogP contribution in [0.2, 0.25) is 0 Å². The topological polar surface area (TPSA) is 67.6 Å². The molecule has 5 heteroatoms. The molecule has 0 fully saturated rings. The van der Waals surface area contributed by atoms with Gasteiger partial charge in [0.05, 0.1) is 5.69 Å². The Morgan fingerprint density at radius 2 is 2.16 bits per heavy atom. The summed E-state index contributed by atoms with van der Waals surface area (Å²) in [6.07, 6.45) is 4.09. The van der Waals surface area contributed by atoms with Crippen molar-refractivity contribution in [2.45, 2.75) is 6.42 Å². The summed E-state index contributed by atoms with van der Waals surface area (Å²) in [5, 5.41) is 0.915. The van der Waals surface area contributed by atoms with Gasteiger partial charge in [0.1, 0.15) is 17.8 Å². The number of benzene rings is 1. The van der Waals surface area contributed by atoms with Gasteiger partial charge in [0.15, 0.2) is 0 Å². The van der Waals surface area contributed by atoms with Crippen LogP contribution in [0, 0.1) is 5.82 Å². The molecule has 1 aromatic carbocycles. The number of H-pyrrole nitrogens is 1. The van der Waals surface area contributed by atoms with Crippen molar-refractivity contribution in [3.63, 3.8) is 0 Å². The lowest BCUT2D eigenvalue weighted by Gasteiger charge is -2.04. The van der Waals surface area contributed by atoms with Crippen molar-refractivity contribution < 1.29 is 4.39 Å². The second kappa shape index (κ2) is 4.78. The molecular formula is C14H13FN4. The Morgan fingerprint density at radius 3 is 2.95 bits per heavy atom. The number of nitrogens with one attached hydrogen (secondary N) is 1. The van der Waals surface area contributed by atoms with E-state index in [1.165, 1.54) is 18.5 Å². The second-order valence-corrected chi connectivity index (χ2v) is 4.31. The predicted molar refractivity (Wildman–Crippen MR) is 72.0 cm³/mol. The van der Waals surface area contributed by atoms with Crippen molar-refractivity contribution in [2.24, 2.45) is 5.73 Å². The van der Waals surface area contributed by atoms with Crippen LogP contribution in [0.1, 0.15) is 5.56 Å². The second-order valence-electron chi connectivity index (χ2n) is 4.31. The van der Waals surface area contributed by atoms with Gasteiger partial charge in [-0.15, -0.1) is 0 Å². The highest BCUT2D eigenvalue weighted by Gasteiger charge is 2.12. The summed E-state index contributed by atoms with van der Waals surface area (Å²) in [6.45, 7) is 0.546. The predicted octanol–water partition coefficient (Wildman–Crippen LogP) is 2.27. The molecular weight excluding hydrogens is 243 g/mol. The molecule has 0 amide bonds. The first-order valence-corrected chi connectivity index (χ1v) is 6.06. The summed E-state index contributed by atoms with van der Waals surface area (Å²) in [6, 6.07) is 6.40. The molecule has 0 aliphatic carbocycles. The molecule has 0 saturated heterocycles. The van der Waals surface area contributed by atoms with Crippen LogP contribution in [0.4, 0.5) is 4.39 Å². The Bertz CT molecular complexity index is 720. The fraction of sp³-hybridized carbons (Fsp3) is 0.143. The molecule has 0 atom stereocenters. The van der Waals surface area contributed by atoms with Crippen molar-refractivity contribution in [1.29, 1.82) is 0 Å². The van der Waals surface area contributed by atoms with E-state index in [4.69, 9.17) is 5.73 Å². The van der Waals surface area contributed by atoms with Gasteiger partial charge in [-0.3, -0.25) is 0 Å². The number of aromatic amines is 1. The smallest absolute Gasteiger partial charge is 0.141 e. The maximum atomic E-state index is 13.4. The Hall–Kier alpha value is -2.27. The average molecular weight is 256 g/mol. The molecule has 4 nitrogen and oxygen atoms in total. The Balaban J connectivity index is 2.25. The van der Waals surface area contributed by atoms with Crippen molar-refractivity contribution in [3.8, 4) is 11.3 Å². The van der Waals surface area contributed by atoms with E-state index in [0.717, 1.165) is 34.3 Å². The standard InChI is InChI=1S/C14H13FN4/c15-11-3-1-2-9(6-11)13-12-10(4-5-16)7-17-14(12)19-8-18-13/h1-3,6-8H,4-5,16H2,(H,17,18,19). The lowest BCUT2D eigenvalue weighted by atomic mass is 10.0. The van der Waals surface area contributed by atoms with Crippen molar-refractivity contribution >= 4 is 11.0 Å². The molecule has 0 radical (unpaired) electrons. The first-order chi connectivity index (χ1) is 9.29. The van der Waals surface area contributed by atoms with Crippen LogP contribution in [0.3, 0.4) is 0 Å². The third kappa shape index (κ3) is 2.08. The molecule has 0 bridgehead atoms. The van der Waals surface area contributed by atoms with Crippen LogP contribution in [0.5, 0.6) is 0 Å².